The number of nitrogens with zero attached hydrogens (tertiary/aromatic N) is 4. The van der Waals surface area contributed by atoms with Gasteiger partial charge in [0.05, 0.1) is 26.7 Å². The summed E-state index contributed by atoms with van der Waals surface area (Å²) in [5.74, 6) is -2.19. The number of benzene rings is 1. The number of anilines is 1. The van der Waals surface area contributed by atoms with Crippen molar-refractivity contribution in [3.05, 3.63) is 23.8 Å². The van der Waals surface area contributed by atoms with Crippen LogP contribution >= 0.6 is 0 Å². The Bertz CT molecular complexity index is 806. The molecule has 34 heavy (non-hydrogen) atoms. The molecule has 0 amide bonds. The van der Waals surface area contributed by atoms with Gasteiger partial charge in [-0.2, -0.15) is 0 Å². The van der Waals surface area contributed by atoms with Crippen molar-refractivity contribution < 1.29 is 34.4 Å². The Morgan fingerprint density at radius 1 is 0.765 bits per heavy atom. The molecule has 1 fully saturated rings. The standard InChI is InChI=1S/C22H35N5O7/c1-34-19-3-2-18(23)12-17(19)13-24-4-6-25(14-20(28)29)8-10-27(16-22(32)33)11-9-26(7-5-24)15-21(30)31/h2-3,12H,4-11,13-16,23H2,1H3,(H,28,29)(H,30,31)(H,32,33). The Balaban J connectivity index is 2.23. The average molecular weight is 482 g/mol. The first-order chi connectivity index (χ1) is 16.2. The van der Waals surface area contributed by atoms with Gasteiger partial charge < -0.3 is 25.8 Å². The van der Waals surface area contributed by atoms with Crippen LogP contribution in [0.2, 0.25) is 0 Å². The third kappa shape index (κ3) is 9.91. The Hall–Kier alpha value is -2.93. The topological polar surface area (TPSA) is 160 Å². The van der Waals surface area contributed by atoms with Gasteiger partial charge in [0.15, 0.2) is 0 Å². The summed E-state index contributed by atoms with van der Waals surface area (Å²) in [4.78, 5) is 41.5. The van der Waals surface area contributed by atoms with Gasteiger partial charge in [0.2, 0.25) is 0 Å². The van der Waals surface area contributed by atoms with Gasteiger partial charge in [0.1, 0.15) is 5.75 Å². The summed E-state index contributed by atoms with van der Waals surface area (Å²) in [5, 5.41) is 27.9. The molecule has 1 heterocycles. The molecule has 1 saturated heterocycles. The third-order valence-corrected chi connectivity index (χ3v) is 5.70. The maximum absolute atomic E-state index is 11.4. The number of hydrogen-bond acceptors (Lipinski definition) is 9. The molecule has 0 atom stereocenters. The van der Waals surface area contributed by atoms with E-state index in [4.69, 9.17) is 10.5 Å². The van der Waals surface area contributed by atoms with E-state index >= 15 is 0 Å². The van der Waals surface area contributed by atoms with Crippen molar-refractivity contribution in [1.82, 2.24) is 19.6 Å². The highest BCUT2D eigenvalue weighted by atomic mass is 16.5. The molecule has 0 unspecified atom stereocenters. The van der Waals surface area contributed by atoms with E-state index < -0.39 is 17.9 Å². The van der Waals surface area contributed by atoms with Crippen LogP contribution in [0.5, 0.6) is 5.75 Å². The van der Waals surface area contributed by atoms with Crippen molar-refractivity contribution in [2.24, 2.45) is 0 Å². The summed E-state index contributed by atoms with van der Waals surface area (Å²) >= 11 is 0. The first kappa shape index (κ1) is 27.3. The molecule has 1 aliphatic rings. The molecule has 12 nitrogen and oxygen atoms in total. The number of carboxylic acids is 3. The van der Waals surface area contributed by atoms with Gasteiger partial charge in [-0.25, -0.2) is 0 Å². The van der Waals surface area contributed by atoms with E-state index in [1.54, 1.807) is 33.9 Å². The SMILES string of the molecule is COc1ccc(N)cc1CN1CCN(CC(=O)O)CCN(CC(=O)O)CCN(CC(=O)O)CC1. The van der Waals surface area contributed by atoms with Gasteiger partial charge in [-0.3, -0.25) is 34.0 Å². The average Bonchev–Trinajstić information content (AvgIpc) is 2.74. The fraction of sp³-hybridized carbons (Fsp3) is 0.591. The number of nitrogens with two attached hydrogens (primary N) is 1. The zero-order valence-electron chi connectivity index (χ0n) is 19.6. The number of nitrogen functional groups attached to an aromatic ring is 1. The summed E-state index contributed by atoms with van der Waals surface area (Å²) in [6, 6.07) is 5.39. The zero-order valence-corrected chi connectivity index (χ0v) is 19.6. The van der Waals surface area contributed by atoms with Crippen LogP contribution < -0.4 is 10.5 Å². The van der Waals surface area contributed by atoms with Crippen molar-refractivity contribution in [3.8, 4) is 5.75 Å². The smallest absolute Gasteiger partial charge is 0.317 e. The maximum Gasteiger partial charge on any atom is 0.317 e. The molecular weight excluding hydrogens is 446 g/mol. The van der Waals surface area contributed by atoms with E-state index in [2.05, 4.69) is 4.90 Å². The molecule has 1 aliphatic heterocycles. The highest BCUT2D eigenvalue weighted by Crippen LogP contribution is 2.22. The first-order valence-corrected chi connectivity index (χ1v) is 11.1. The van der Waals surface area contributed by atoms with Crippen LogP contribution in [0, 0.1) is 0 Å². The fourth-order valence-electron chi connectivity index (χ4n) is 3.95. The Kier molecular flexibility index (Phi) is 11.0. The molecule has 190 valence electrons. The lowest BCUT2D eigenvalue weighted by Crippen LogP contribution is -2.48. The van der Waals surface area contributed by atoms with Crippen LogP contribution in [0.25, 0.3) is 0 Å². The lowest BCUT2D eigenvalue weighted by molar-refractivity contribution is -0.140. The number of carboxylic acid groups (broad SMARTS) is 3. The maximum atomic E-state index is 11.4. The van der Waals surface area contributed by atoms with Crippen LogP contribution in [0.3, 0.4) is 0 Å². The number of methoxy groups -OCH3 is 1. The van der Waals surface area contributed by atoms with Gasteiger partial charge in [0, 0.05) is 70.2 Å². The minimum atomic E-state index is -0.982. The van der Waals surface area contributed by atoms with Crippen molar-refractivity contribution in [2.75, 3.05) is 84.8 Å². The molecule has 0 bridgehead atoms. The van der Waals surface area contributed by atoms with Gasteiger partial charge in [-0.15, -0.1) is 0 Å². The summed E-state index contributed by atoms with van der Waals surface area (Å²) in [6.07, 6.45) is 0. The monoisotopic (exact) mass is 481 g/mol. The molecule has 2 rings (SSSR count). The molecule has 0 saturated carbocycles. The Labute approximate surface area is 199 Å². The molecule has 12 heteroatoms. The molecule has 0 spiro atoms. The molecule has 5 N–H and O–H groups in total. The highest BCUT2D eigenvalue weighted by Gasteiger charge is 2.20. The van der Waals surface area contributed by atoms with Crippen LogP contribution in [0.15, 0.2) is 18.2 Å². The van der Waals surface area contributed by atoms with E-state index in [1.165, 1.54) is 0 Å². The summed E-state index contributed by atoms with van der Waals surface area (Å²) < 4.78 is 5.46. The van der Waals surface area contributed by atoms with E-state index in [0.717, 1.165) is 5.56 Å². The molecule has 0 aromatic heterocycles. The summed E-state index contributed by atoms with van der Waals surface area (Å²) in [5.41, 5.74) is 7.45. The molecular formula is C22H35N5O7. The van der Waals surface area contributed by atoms with Crippen LogP contribution in [-0.4, -0.2) is 132 Å². The second kappa shape index (κ2) is 13.7. The van der Waals surface area contributed by atoms with Gasteiger partial charge in [0.25, 0.3) is 0 Å². The van der Waals surface area contributed by atoms with Crippen LogP contribution in [0.1, 0.15) is 5.56 Å². The van der Waals surface area contributed by atoms with Crippen molar-refractivity contribution in [1.29, 1.82) is 0 Å². The Morgan fingerprint density at radius 3 is 1.50 bits per heavy atom. The number of rotatable bonds is 9. The summed E-state index contributed by atoms with van der Waals surface area (Å²) in [7, 11) is 1.58. The van der Waals surface area contributed by atoms with Crippen LogP contribution in [0.4, 0.5) is 5.69 Å². The lowest BCUT2D eigenvalue weighted by Gasteiger charge is -2.33. The third-order valence-electron chi connectivity index (χ3n) is 5.70. The zero-order chi connectivity index (χ0) is 25.1. The second-order valence-electron chi connectivity index (χ2n) is 8.36. The fourth-order valence-corrected chi connectivity index (χ4v) is 3.95. The number of hydrogen-bond donors (Lipinski definition) is 4. The second-order valence-corrected chi connectivity index (χ2v) is 8.36. The lowest BCUT2D eigenvalue weighted by atomic mass is 10.1. The summed E-state index contributed by atoms with van der Waals surface area (Å²) in [6.45, 7) is 3.48. The molecule has 1 aromatic rings. The van der Waals surface area contributed by atoms with E-state index in [0.29, 0.717) is 70.3 Å². The van der Waals surface area contributed by atoms with E-state index in [-0.39, 0.29) is 19.6 Å². The minimum Gasteiger partial charge on any atom is -0.496 e. The Morgan fingerprint density at radius 2 is 1.15 bits per heavy atom. The predicted octanol–water partition coefficient (Wildman–Crippen LogP) is -0.747. The first-order valence-electron chi connectivity index (χ1n) is 11.1. The van der Waals surface area contributed by atoms with Crippen molar-refractivity contribution >= 4 is 23.6 Å². The normalized spacial score (nSPS) is 18.0. The van der Waals surface area contributed by atoms with Crippen molar-refractivity contribution in [2.45, 2.75) is 6.54 Å². The molecule has 0 radical (unpaired) electrons. The largest absolute Gasteiger partial charge is 0.496 e. The van der Waals surface area contributed by atoms with Gasteiger partial charge in [-0.05, 0) is 18.2 Å². The number of aliphatic carboxylic acids is 3. The molecule has 0 aliphatic carbocycles. The number of carbonyl (C=O) groups is 3. The molecule has 1 aromatic carbocycles. The number of ether oxygens (including phenoxy) is 1. The van der Waals surface area contributed by atoms with Crippen LogP contribution in [-0.2, 0) is 20.9 Å². The quantitative estimate of drug-likeness (QED) is 0.327. The van der Waals surface area contributed by atoms with E-state index in [1.807, 2.05) is 6.07 Å². The highest BCUT2D eigenvalue weighted by molar-refractivity contribution is 5.69. The van der Waals surface area contributed by atoms with Gasteiger partial charge >= 0.3 is 17.9 Å². The van der Waals surface area contributed by atoms with E-state index in [9.17, 15) is 29.7 Å². The minimum absolute atomic E-state index is 0.151. The van der Waals surface area contributed by atoms with Gasteiger partial charge in [-0.1, -0.05) is 0 Å². The van der Waals surface area contributed by atoms with Crippen molar-refractivity contribution in [3.63, 3.8) is 0 Å². The predicted molar refractivity (Wildman–Crippen MR) is 125 cm³/mol.